The van der Waals surface area contributed by atoms with Crippen LogP contribution < -0.4 is 16.6 Å². The molecule has 2 aromatic heterocycles. The standard InChI is InChI=1S/C13H10ClN5OS/c14-7-4-5-8-10(6-7)21-13(17-8)18-12(20)9-2-1-3-11(16-9)19-15/h1-6H,15H2,(H,16,19)(H,17,18,20). The quantitative estimate of drug-likeness (QED) is 0.510. The highest BCUT2D eigenvalue weighted by atomic mass is 35.5. The van der Waals surface area contributed by atoms with Crippen LogP contribution in [0.5, 0.6) is 0 Å². The molecule has 0 saturated carbocycles. The number of hydrogen-bond acceptors (Lipinski definition) is 6. The number of nitrogens with two attached hydrogens (primary N) is 1. The van der Waals surface area contributed by atoms with Crippen LogP contribution >= 0.6 is 22.9 Å². The first-order valence-corrected chi connectivity index (χ1v) is 7.16. The van der Waals surface area contributed by atoms with Gasteiger partial charge in [0.1, 0.15) is 11.5 Å². The lowest BCUT2D eigenvalue weighted by atomic mass is 10.3. The number of rotatable bonds is 3. The molecule has 0 aliphatic heterocycles. The van der Waals surface area contributed by atoms with Gasteiger partial charge in [-0.1, -0.05) is 29.0 Å². The highest BCUT2D eigenvalue weighted by Crippen LogP contribution is 2.28. The summed E-state index contributed by atoms with van der Waals surface area (Å²) >= 11 is 7.27. The lowest BCUT2D eigenvalue weighted by Crippen LogP contribution is -2.15. The van der Waals surface area contributed by atoms with Crippen LogP contribution in [-0.4, -0.2) is 15.9 Å². The van der Waals surface area contributed by atoms with Crippen LogP contribution in [-0.2, 0) is 0 Å². The zero-order chi connectivity index (χ0) is 14.8. The van der Waals surface area contributed by atoms with Gasteiger partial charge in [-0.25, -0.2) is 15.8 Å². The van der Waals surface area contributed by atoms with Crippen molar-refractivity contribution in [1.82, 2.24) is 9.97 Å². The van der Waals surface area contributed by atoms with Crippen LogP contribution in [0.2, 0.25) is 5.02 Å². The van der Waals surface area contributed by atoms with Crippen LogP contribution in [0.1, 0.15) is 10.5 Å². The summed E-state index contributed by atoms with van der Waals surface area (Å²) in [7, 11) is 0. The highest BCUT2D eigenvalue weighted by molar-refractivity contribution is 7.22. The summed E-state index contributed by atoms with van der Waals surface area (Å²) in [5.74, 6) is 5.34. The number of fused-ring (bicyclic) bond motifs is 1. The Morgan fingerprint density at radius 2 is 2.10 bits per heavy atom. The van der Waals surface area contributed by atoms with Crippen molar-refractivity contribution in [3.8, 4) is 0 Å². The number of thiazole rings is 1. The Bertz CT molecular complexity index is 819. The molecule has 0 fully saturated rings. The molecule has 1 aromatic carbocycles. The number of aromatic nitrogens is 2. The molecule has 3 rings (SSSR count). The maximum absolute atomic E-state index is 12.1. The fourth-order valence-electron chi connectivity index (χ4n) is 1.75. The van der Waals surface area contributed by atoms with E-state index < -0.39 is 0 Å². The first-order valence-electron chi connectivity index (χ1n) is 5.97. The van der Waals surface area contributed by atoms with Crippen molar-refractivity contribution in [3.63, 3.8) is 0 Å². The number of carbonyl (C=O) groups excluding carboxylic acids is 1. The van der Waals surface area contributed by atoms with Crippen molar-refractivity contribution < 1.29 is 4.79 Å². The van der Waals surface area contributed by atoms with Crippen LogP contribution in [0.3, 0.4) is 0 Å². The normalized spacial score (nSPS) is 10.6. The molecule has 3 aromatic rings. The van der Waals surface area contributed by atoms with Gasteiger partial charge in [0.25, 0.3) is 5.91 Å². The van der Waals surface area contributed by atoms with Crippen molar-refractivity contribution >= 4 is 50.0 Å². The number of nitrogens with zero attached hydrogens (tertiary/aromatic N) is 2. The maximum Gasteiger partial charge on any atom is 0.276 e. The number of amides is 1. The summed E-state index contributed by atoms with van der Waals surface area (Å²) in [5.41, 5.74) is 3.43. The SMILES string of the molecule is NNc1cccc(C(=O)Nc2nc3ccc(Cl)cc3s2)n1. The second-order valence-corrected chi connectivity index (χ2v) is 5.60. The summed E-state index contributed by atoms with van der Waals surface area (Å²) in [6.07, 6.45) is 0. The number of pyridine rings is 1. The molecule has 106 valence electrons. The summed E-state index contributed by atoms with van der Waals surface area (Å²) in [4.78, 5) is 20.5. The Kier molecular flexibility index (Phi) is 3.70. The van der Waals surface area contributed by atoms with Gasteiger partial charge in [0.2, 0.25) is 0 Å². The van der Waals surface area contributed by atoms with E-state index in [-0.39, 0.29) is 11.6 Å². The molecule has 0 aliphatic rings. The molecule has 21 heavy (non-hydrogen) atoms. The average molecular weight is 320 g/mol. The smallest absolute Gasteiger partial charge is 0.276 e. The summed E-state index contributed by atoms with van der Waals surface area (Å²) in [6.45, 7) is 0. The van der Waals surface area contributed by atoms with Crippen LogP contribution in [0.25, 0.3) is 10.2 Å². The minimum absolute atomic E-state index is 0.253. The molecule has 2 heterocycles. The Labute approximate surface area is 128 Å². The minimum Gasteiger partial charge on any atom is -0.308 e. The number of hydrazine groups is 1. The number of nitrogen functional groups attached to an aromatic ring is 1. The van der Waals surface area contributed by atoms with E-state index in [1.807, 2.05) is 0 Å². The zero-order valence-electron chi connectivity index (χ0n) is 10.6. The van der Waals surface area contributed by atoms with Crippen molar-refractivity contribution in [1.29, 1.82) is 0 Å². The first-order chi connectivity index (χ1) is 10.2. The predicted molar refractivity (Wildman–Crippen MR) is 84.6 cm³/mol. The molecule has 0 bridgehead atoms. The predicted octanol–water partition coefficient (Wildman–Crippen LogP) is 2.88. The molecular weight excluding hydrogens is 310 g/mol. The third kappa shape index (κ3) is 2.94. The van der Waals surface area contributed by atoms with Crippen LogP contribution in [0.4, 0.5) is 10.9 Å². The molecule has 1 amide bonds. The maximum atomic E-state index is 12.1. The lowest BCUT2D eigenvalue weighted by molar-refractivity contribution is 0.102. The van der Waals surface area contributed by atoms with Crippen molar-refractivity contribution in [2.24, 2.45) is 5.84 Å². The van der Waals surface area contributed by atoms with E-state index >= 15 is 0 Å². The number of hydrogen-bond donors (Lipinski definition) is 3. The summed E-state index contributed by atoms with van der Waals surface area (Å²) in [6, 6.07) is 10.3. The first kappa shape index (κ1) is 13.7. The van der Waals surface area contributed by atoms with Crippen molar-refractivity contribution in [2.45, 2.75) is 0 Å². The number of halogens is 1. The van der Waals surface area contributed by atoms with E-state index in [1.165, 1.54) is 11.3 Å². The second kappa shape index (κ2) is 5.65. The number of carbonyl (C=O) groups is 1. The fraction of sp³-hybridized carbons (Fsp3) is 0. The number of anilines is 2. The summed E-state index contributed by atoms with van der Waals surface area (Å²) < 4.78 is 0.906. The van der Waals surface area contributed by atoms with Crippen molar-refractivity contribution in [3.05, 3.63) is 47.1 Å². The average Bonchev–Trinajstić information content (AvgIpc) is 2.88. The van der Waals surface area contributed by atoms with E-state index in [9.17, 15) is 4.79 Å². The third-order valence-electron chi connectivity index (χ3n) is 2.70. The van der Waals surface area contributed by atoms with E-state index in [0.717, 1.165) is 10.2 Å². The van der Waals surface area contributed by atoms with Gasteiger partial charge in [0.15, 0.2) is 5.13 Å². The molecule has 0 spiro atoms. The van der Waals surface area contributed by atoms with Gasteiger partial charge < -0.3 is 5.43 Å². The Hall–Kier alpha value is -2.22. The molecule has 0 atom stereocenters. The number of nitrogens with one attached hydrogen (secondary N) is 2. The summed E-state index contributed by atoms with van der Waals surface area (Å²) in [5, 5.41) is 3.84. The van der Waals surface area contributed by atoms with Gasteiger partial charge in [-0.3, -0.25) is 10.1 Å². The Morgan fingerprint density at radius 1 is 1.24 bits per heavy atom. The van der Waals surface area contributed by atoms with Gasteiger partial charge in [-0.2, -0.15) is 0 Å². The highest BCUT2D eigenvalue weighted by Gasteiger charge is 2.11. The molecule has 4 N–H and O–H groups in total. The van der Waals surface area contributed by atoms with E-state index in [4.69, 9.17) is 17.4 Å². The molecular formula is C13H10ClN5OS. The zero-order valence-corrected chi connectivity index (χ0v) is 12.2. The van der Waals surface area contributed by atoms with Gasteiger partial charge in [-0.15, -0.1) is 0 Å². The minimum atomic E-state index is -0.350. The molecule has 0 saturated heterocycles. The molecule has 8 heteroatoms. The molecule has 0 aliphatic carbocycles. The molecule has 0 radical (unpaired) electrons. The third-order valence-corrected chi connectivity index (χ3v) is 3.87. The fourth-order valence-corrected chi connectivity index (χ4v) is 2.89. The Morgan fingerprint density at radius 3 is 2.90 bits per heavy atom. The topological polar surface area (TPSA) is 92.9 Å². The van der Waals surface area contributed by atoms with E-state index in [2.05, 4.69) is 20.7 Å². The monoisotopic (exact) mass is 319 g/mol. The van der Waals surface area contributed by atoms with Gasteiger partial charge >= 0.3 is 0 Å². The van der Waals surface area contributed by atoms with Gasteiger partial charge in [-0.05, 0) is 30.3 Å². The lowest BCUT2D eigenvalue weighted by Gasteiger charge is -2.03. The number of benzene rings is 1. The van der Waals surface area contributed by atoms with Gasteiger partial charge in [0.05, 0.1) is 10.2 Å². The van der Waals surface area contributed by atoms with Crippen molar-refractivity contribution in [2.75, 3.05) is 10.7 Å². The van der Waals surface area contributed by atoms with Crippen LogP contribution in [0, 0.1) is 0 Å². The van der Waals surface area contributed by atoms with Crippen LogP contribution in [0.15, 0.2) is 36.4 Å². The molecule has 6 nitrogen and oxygen atoms in total. The molecule has 0 unspecified atom stereocenters. The second-order valence-electron chi connectivity index (χ2n) is 4.14. The Balaban J connectivity index is 1.85. The van der Waals surface area contributed by atoms with Gasteiger partial charge in [0, 0.05) is 5.02 Å². The van der Waals surface area contributed by atoms with E-state index in [0.29, 0.717) is 16.0 Å². The van der Waals surface area contributed by atoms with E-state index in [1.54, 1.807) is 36.4 Å². The largest absolute Gasteiger partial charge is 0.308 e.